The van der Waals surface area contributed by atoms with E-state index >= 15 is 0 Å². The Labute approximate surface area is 150 Å². The summed E-state index contributed by atoms with van der Waals surface area (Å²) in [5.41, 5.74) is 0.491. The summed E-state index contributed by atoms with van der Waals surface area (Å²) in [5.74, 6) is -0.479. The molecule has 1 aromatic heterocycles. The average molecular weight is 379 g/mol. The van der Waals surface area contributed by atoms with Crippen LogP contribution < -0.4 is 4.72 Å². The molecule has 0 spiro atoms. The van der Waals surface area contributed by atoms with Crippen LogP contribution in [0.3, 0.4) is 0 Å². The summed E-state index contributed by atoms with van der Waals surface area (Å²) in [6.07, 6.45) is 2.78. The number of halogens is 2. The molecule has 1 N–H and O–H groups in total. The molecule has 1 saturated heterocycles. The first-order chi connectivity index (χ1) is 11.3. The first kappa shape index (κ1) is 19.9. The molecule has 5 nitrogen and oxygen atoms in total. The second-order valence-corrected chi connectivity index (χ2v) is 9.04. The van der Waals surface area contributed by atoms with Crippen LogP contribution in [0, 0.1) is 5.82 Å². The zero-order chi connectivity index (χ0) is 17.7. The van der Waals surface area contributed by atoms with Crippen LogP contribution >= 0.6 is 11.6 Å². The predicted molar refractivity (Wildman–Crippen MR) is 92.5 cm³/mol. The summed E-state index contributed by atoms with van der Waals surface area (Å²) >= 11 is 4.80. The largest absolute Gasteiger partial charge is 0.598 e. The quantitative estimate of drug-likeness (QED) is 0.606. The van der Waals surface area contributed by atoms with Crippen molar-refractivity contribution in [3.8, 4) is 0 Å². The van der Waals surface area contributed by atoms with Gasteiger partial charge in [0.15, 0.2) is 6.29 Å². The molecule has 2 atom stereocenters. The van der Waals surface area contributed by atoms with Crippen LogP contribution in [0.5, 0.6) is 0 Å². The zero-order valence-electron chi connectivity index (χ0n) is 14.2. The van der Waals surface area contributed by atoms with Crippen LogP contribution in [0.4, 0.5) is 4.39 Å². The summed E-state index contributed by atoms with van der Waals surface area (Å²) in [5, 5.41) is 0.199. The average Bonchev–Trinajstić information content (AvgIpc) is 2.53. The molecular formula is C16H24ClFN2O3S. The van der Waals surface area contributed by atoms with Gasteiger partial charge in [-0.2, -0.15) is 0 Å². The van der Waals surface area contributed by atoms with Gasteiger partial charge in [0.2, 0.25) is 0 Å². The number of ether oxygens (including phenoxy) is 2. The van der Waals surface area contributed by atoms with Gasteiger partial charge in [0.05, 0.1) is 25.5 Å². The van der Waals surface area contributed by atoms with Crippen LogP contribution in [0.15, 0.2) is 12.3 Å². The Morgan fingerprint density at radius 1 is 1.46 bits per heavy atom. The molecule has 1 aromatic rings. The van der Waals surface area contributed by atoms with Gasteiger partial charge in [-0.3, -0.25) is 0 Å². The Hall–Kier alpha value is -0.440. The molecule has 24 heavy (non-hydrogen) atoms. The van der Waals surface area contributed by atoms with Gasteiger partial charge < -0.3 is 14.0 Å². The normalized spacial score (nSPS) is 19.2. The SMILES string of the molecule is CC(C)(C)[S+]([O-])NC(CCC1OCCCO1)c1cc(F)cnc1Cl. The third-order valence-corrected chi connectivity index (χ3v) is 5.53. The lowest BCUT2D eigenvalue weighted by Crippen LogP contribution is -2.41. The van der Waals surface area contributed by atoms with Gasteiger partial charge in [0.1, 0.15) is 15.7 Å². The molecule has 2 unspecified atom stereocenters. The van der Waals surface area contributed by atoms with Crippen molar-refractivity contribution >= 4 is 23.0 Å². The van der Waals surface area contributed by atoms with Crippen LogP contribution in [-0.4, -0.2) is 33.8 Å². The molecule has 8 heteroatoms. The second-order valence-electron chi connectivity index (χ2n) is 6.69. The van der Waals surface area contributed by atoms with Crippen molar-refractivity contribution in [3.63, 3.8) is 0 Å². The fourth-order valence-electron chi connectivity index (χ4n) is 2.27. The van der Waals surface area contributed by atoms with E-state index in [1.807, 2.05) is 20.8 Å². The molecule has 0 amide bonds. The molecule has 1 aliphatic rings. The van der Waals surface area contributed by atoms with E-state index in [-0.39, 0.29) is 11.4 Å². The molecule has 0 bridgehead atoms. The topological polar surface area (TPSA) is 66.4 Å². The third kappa shape index (κ3) is 5.82. The summed E-state index contributed by atoms with van der Waals surface area (Å²) in [6, 6.07) is 0.921. The molecule has 0 radical (unpaired) electrons. The van der Waals surface area contributed by atoms with Crippen molar-refractivity contribution in [3.05, 3.63) is 28.8 Å². The molecule has 1 fully saturated rings. The number of nitrogens with one attached hydrogen (secondary N) is 1. The molecule has 2 heterocycles. The van der Waals surface area contributed by atoms with Gasteiger partial charge in [0.25, 0.3) is 0 Å². The summed E-state index contributed by atoms with van der Waals surface area (Å²) in [7, 11) is 0. The van der Waals surface area contributed by atoms with Gasteiger partial charge in [0, 0.05) is 23.3 Å². The first-order valence-corrected chi connectivity index (χ1v) is 9.52. The molecule has 0 aromatic carbocycles. The zero-order valence-corrected chi connectivity index (χ0v) is 15.8. The van der Waals surface area contributed by atoms with Crippen molar-refractivity contribution in [2.75, 3.05) is 13.2 Å². The van der Waals surface area contributed by atoms with Crippen LogP contribution in [0.25, 0.3) is 0 Å². The van der Waals surface area contributed by atoms with Gasteiger partial charge >= 0.3 is 0 Å². The Morgan fingerprint density at radius 2 is 2.12 bits per heavy atom. The standard InChI is InChI=1S/C16H24ClFN2O3S/c1-16(2,3)24(21)20-13(5-6-14-22-7-4-8-23-14)12-9-11(18)10-19-15(12)17/h9-10,13-14,20H,4-8H2,1-3H3. The second kappa shape index (κ2) is 8.78. The fraction of sp³-hybridized carbons (Fsp3) is 0.688. The van der Waals surface area contributed by atoms with E-state index in [0.717, 1.165) is 12.6 Å². The molecule has 136 valence electrons. The molecule has 0 saturated carbocycles. The highest BCUT2D eigenvalue weighted by molar-refractivity contribution is 7.90. The lowest BCUT2D eigenvalue weighted by molar-refractivity contribution is -0.182. The Balaban J connectivity index is 2.12. The number of nitrogens with zero attached hydrogens (tertiary/aromatic N) is 1. The Kier molecular flexibility index (Phi) is 7.27. The molecule has 0 aliphatic carbocycles. The van der Waals surface area contributed by atoms with Crippen LogP contribution in [-0.2, 0) is 20.8 Å². The highest BCUT2D eigenvalue weighted by Crippen LogP contribution is 2.29. The van der Waals surface area contributed by atoms with Gasteiger partial charge in [-0.05, 0) is 39.7 Å². The molecule has 1 aliphatic heterocycles. The minimum Gasteiger partial charge on any atom is -0.598 e. The van der Waals surface area contributed by atoms with E-state index in [9.17, 15) is 8.94 Å². The first-order valence-electron chi connectivity index (χ1n) is 7.99. The van der Waals surface area contributed by atoms with E-state index in [0.29, 0.717) is 31.6 Å². The maximum atomic E-state index is 13.6. The van der Waals surface area contributed by atoms with E-state index in [2.05, 4.69) is 9.71 Å². The maximum absolute atomic E-state index is 13.6. The van der Waals surface area contributed by atoms with Gasteiger partial charge in [-0.25, -0.2) is 9.37 Å². The van der Waals surface area contributed by atoms with E-state index in [1.54, 1.807) is 0 Å². The monoisotopic (exact) mass is 378 g/mol. The van der Waals surface area contributed by atoms with Crippen molar-refractivity contribution in [1.82, 2.24) is 9.71 Å². The van der Waals surface area contributed by atoms with Gasteiger partial charge in [-0.15, -0.1) is 4.72 Å². The maximum Gasteiger partial charge on any atom is 0.157 e. The van der Waals surface area contributed by atoms with E-state index in [4.69, 9.17) is 21.1 Å². The number of pyridine rings is 1. The van der Waals surface area contributed by atoms with Gasteiger partial charge in [-0.1, -0.05) is 11.6 Å². The number of rotatable bonds is 6. The molecule has 2 rings (SSSR count). The third-order valence-electron chi connectivity index (χ3n) is 3.60. The highest BCUT2D eigenvalue weighted by Gasteiger charge is 2.31. The summed E-state index contributed by atoms with van der Waals surface area (Å²) in [6.45, 7) is 6.93. The highest BCUT2D eigenvalue weighted by atomic mass is 35.5. The number of hydrogen-bond acceptors (Lipinski definition) is 5. The van der Waals surface area contributed by atoms with Crippen molar-refractivity contribution in [2.24, 2.45) is 0 Å². The lowest BCUT2D eigenvalue weighted by Gasteiger charge is -2.30. The van der Waals surface area contributed by atoms with Crippen LogP contribution in [0.1, 0.15) is 51.6 Å². The van der Waals surface area contributed by atoms with Crippen LogP contribution in [0.2, 0.25) is 5.15 Å². The summed E-state index contributed by atoms with van der Waals surface area (Å²) < 4.78 is 39.8. The Bertz CT molecular complexity index is 539. The number of aromatic nitrogens is 1. The summed E-state index contributed by atoms with van der Waals surface area (Å²) in [4.78, 5) is 3.85. The lowest BCUT2D eigenvalue weighted by atomic mass is 10.0. The smallest absolute Gasteiger partial charge is 0.157 e. The minimum atomic E-state index is -1.33. The van der Waals surface area contributed by atoms with E-state index < -0.39 is 28.0 Å². The van der Waals surface area contributed by atoms with E-state index in [1.165, 1.54) is 6.07 Å². The fourth-order valence-corrected chi connectivity index (χ4v) is 3.36. The van der Waals surface area contributed by atoms with Crippen molar-refractivity contribution in [2.45, 2.75) is 57.1 Å². The minimum absolute atomic E-state index is 0.199. The predicted octanol–water partition coefficient (Wildman–Crippen LogP) is 3.51. The Morgan fingerprint density at radius 3 is 2.75 bits per heavy atom. The van der Waals surface area contributed by atoms with Crippen molar-refractivity contribution < 1.29 is 18.4 Å². The van der Waals surface area contributed by atoms with Crippen molar-refractivity contribution in [1.29, 1.82) is 0 Å². The molecular weight excluding hydrogens is 355 g/mol. The number of hydrogen-bond donors (Lipinski definition) is 1.